The van der Waals surface area contributed by atoms with Crippen molar-refractivity contribution in [2.24, 2.45) is 5.73 Å². The van der Waals surface area contributed by atoms with E-state index in [0.717, 1.165) is 0 Å². The summed E-state index contributed by atoms with van der Waals surface area (Å²) in [5, 5.41) is 2.75. The number of benzene rings is 1. The van der Waals surface area contributed by atoms with E-state index in [0.29, 0.717) is 15.7 Å². The van der Waals surface area contributed by atoms with Crippen LogP contribution in [0.5, 0.6) is 0 Å². The predicted molar refractivity (Wildman–Crippen MR) is 118 cm³/mol. The van der Waals surface area contributed by atoms with E-state index in [9.17, 15) is 14.4 Å². The molecule has 0 saturated carbocycles. The van der Waals surface area contributed by atoms with Gasteiger partial charge in [0.15, 0.2) is 0 Å². The molecular weight excluding hydrogens is 484 g/mol. The number of carbonyl (C=O) groups is 3. The Bertz CT molecular complexity index is 1050. The van der Waals surface area contributed by atoms with Crippen molar-refractivity contribution < 1.29 is 33.3 Å². The van der Waals surface area contributed by atoms with Gasteiger partial charge in [-0.1, -0.05) is 15.9 Å². The highest BCUT2D eigenvalue weighted by molar-refractivity contribution is 9.10. The molecule has 1 aromatic rings. The van der Waals surface area contributed by atoms with Crippen molar-refractivity contribution in [2.45, 2.75) is 38.7 Å². The molecule has 0 aliphatic carbocycles. The van der Waals surface area contributed by atoms with Crippen LogP contribution >= 0.6 is 15.9 Å². The summed E-state index contributed by atoms with van der Waals surface area (Å²) in [5.74, 6) is -2.65. The van der Waals surface area contributed by atoms with Crippen molar-refractivity contribution in [3.05, 3.63) is 51.0 Å². The standard InChI is InChI=1S/C22H25BrN2O7/c1-11-15(19(27)32-21(2,3)4)22(13-10-12(23)6-7-14(13)25-20(22)28)16(17(24)31-11)18(26)30-9-8-29-5/h6-7,10H,8-9,24H2,1-5H3,(H,25,28)/t22-/m0/s1. The number of halogens is 1. The molecule has 0 aromatic heterocycles. The summed E-state index contributed by atoms with van der Waals surface area (Å²) in [6, 6.07) is 5.03. The maximum absolute atomic E-state index is 13.6. The van der Waals surface area contributed by atoms with E-state index in [2.05, 4.69) is 21.2 Å². The van der Waals surface area contributed by atoms with E-state index in [-0.39, 0.29) is 36.0 Å². The van der Waals surface area contributed by atoms with E-state index in [4.69, 9.17) is 24.7 Å². The highest BCUT2D eigenvalue weighted by Gasteiger charge is 2.62. The van der Waals surface area contributed by atoms with Gasteiger partial charge >= 0.3 is 11.9 Å². The van der Waals surface area contributed by atoms with Gasteiger partial charge in [0.05, 0.1) is 6.61 Å². The molecule has 1 aromatic carbocycles. The van der Waals surface area contributed by atoms with Crippen LogP contribution < -0.4 is 11.1 Å². The second-order valence-corrected chi connectivity index (χ2v) is 9.21. The molecule has 2 heterocycles. The number of methoxy groups -OCH3 is 1. The van der Waals surface area contributed by atoms with Gasteiger partial charge in [-0.2, -0.15) is 0 Å². The number of rotatable bonds is 5. The van der Waals surface area contributed by atoms with Crippen LogP contribution in [0, 0.1) is 0 Å². The van der Waals surface area contributed by atoms with Crippen LogP contribution in [0.2, 0.25) is 0 Å². The van der Waals surface area contributed by atoms with Gasteiger partial charge in [0, 0.05) is 22.8 Å². The number of ether oxygens (including phenoxy) is 4. The number of carbonyl (C=O) groups excluding carboxylic acids is 3. The maximum Gasteiger partial charge on any atom is 0.341 e. The zero-order valence-electron chi connectivity index (χ0n) is 18.5. The van der Waals surface area contributed by atoms with Gasteiger partial charge < -0.3 is 30.0 Å². The number of allylic oxidation sites excluding steroid dienone is 1. The first-order valence-corrected chi connectivity index (χ1v) is 10.6. The molecule has 1 spiro atoms. The van der Waals surface area contributed by atoms with Crippen molar-refractivity contribution in [3.63, 3.8) is 0 Å². The molecule has 9 nitrogen and oxygen atoms in total. The first kappa shape index (κ1) is 23.8. The van der Waals surface area contributed by atoms with Crippen LogP contribution in [0.15, 0.2) is 45.5 Å². The normalized spacial score (nSPS) is 20.1. The van der Waals surface area contributed by atoms with E-state index >= 15 is 0 Å². The van der Waals surface area contributed by atoms with Gasteiger partial charge in [-0.15, -0.1) is 0 Å². The van der Waals surface area contributed by atoms with Crippen molar-refractivity contribution >= 4 is 39.5 Å². The van der Waals surface area contributed by atoms with Crippen LogP contribution in [0.3, 0.4) is 0 Å². The van der Waals surface area contributed by atoms with Gasteiger partial charge in [-0.25, -0.2) is 9.59 Å². The quantitative estimate of drug-likeness (QED) is 0.459. The number of fused-ring (bicyclic) bond motifs is 2. The highest BCUT2D eigenvalue weighted by Crippen LogP contribution is 2.53. The summed E-state index contributed by atoms with van der Waals surface area (Å²) < 4.78 is 22.0. The molecule has 0 radical (unpaired) electrons. The van der Waals surface area contributed by atoms with Crippen LogP contribution in [-0.4, -0.2) is 43.8 Å². The van der Waals surface area contributed by atoms with Crippen molar-refractivity contribution in [1.82, 2.24) is 0 Å². The second-order valence-electron chi connectivity index (χ2n) is 8.30. The number of anilines is 1. The first-order chi connectivity index (χ1) is 14.9. The molecule has 2 aliphatic heterocycles. The molecule has 1 atom stereocenters. The summed E-state index contributed by atoms with van der Waals surface area (Å²) in [5.41, 5.74) is 3.67. The minimum Gasteiger partial charge on any atom is -0.460 e. The van der Waals surface area contributed by atoms with Crippen LogP contribution in [0.4, 0.5) is 5.69 Å². The minimum absolute atomic E-state index is 0.0492. The van der Waals surface area contributed by atoms with E-state index < -0.39 is 28.9 Å². The number of nitrogens with two attached hydrogens (primary N) is 1. The summed E-state index contributed by atoms with van der Waals surface area (Å²) in [6.07, 6.45) is 0. The molecule has 172 valence electrons. The van der Waals surface area contributed by atoms with Crippen LogP contribution in [-0.2, 0) is 38.7 Å². The Balaban J connectivity index is 2.29. The van der Waals surface area contributed by atoms with Gasteiger partial charge in [-0.05, 0) is 45.9 Å². The second kappa shape index (κ2) is 8.59. The SMILES string of the molecule is COCCOC(=O)C1=C(N)OC(C)=C(C(=O)OC(C)(C)C)[C@]12C(=O)Nc1ccc(Br)cc12. The Kier molecular flexibility index (Phi) is 6.39. The Morgan fingerprint density at radius 1 is 1.19 bits per heavy atom. The summed E-state index contributed by atoms with van der Waals surface area (Å²) in [6.45, 7) is 6.63. The fourth-order valence-corrected chi connectivity index (χ4v) is 4.14. The zero-order valence-corrected chi connectivity index (χ0v) is 20.0. The first-order valence-electron chi connectivity index (χ1n) is 9.83. The average Bonchev–Trinajstić information content (AvgIpc) is 2.92. The lowest BCUT2D eigenvalue weighted by Crippen LogP contribution is -2.49. The molecule has 3 N–H and O–H groups in total. The van der Waals surface area contributed by atoms with Crippen molar-refractivity contribution in [1.29, 1.82) is 0 Å². The number of esters is 2. The molecule has 10 heteroatoms. The molecule has 0 fully saturated rings. The Hall–Kier alpha value is -2.85. The van der Waals surface area contributed by atoms with Gasteiger partial charge in [0.1, 0.15) is 34.5 Å². The Morgan fingerprint density at radius 2 is 1.88 bits per heavy atom. The molecule has 0 unspecified atom stereocenters. The fourth-order valence-electron chi connectivity index (χ4n) is 3.78. The smallest absolute Gasteiger partial charge is 0.341 e. The lowest BCUT2D eigenvalue weighted by atomic mass is 9.67. The summed E-state index contributed by atoms with van der Waals surface area (Å²) >= 11 is 3.40. The molecular formula is C22H25BrN2O7. The molecule has 0 bridgehead atoms. The minimum atomic E-state index is -1.92. The highest BCUT2D eigenvalue weighted by atomic mass is 79.9. The molecule has 32 heavy (non-hydrogen) atoms. The number of amides is 1. The van der Waals surface area contributed by atoms with Crippen molar-refractivity contribution in [3.8, 4) is 0 Å². The predicted octanol–water partition coefficient (Wildman–Crippen LogP) is 2.64. The number of hydrogen-bond donors (Lipinski definition) is 2. The topological polar surface area (TPSA) is 126 Å². The maximum atomic E-state index is 13.6. The zero-order chi connectivity index (χ0) is 23.8. The lowest BCUT2D eigenvalue weighted by Gasteiger charge is -2.36. The van der Waals surface area contributed by atoms with Gasteiger partial charge in [0.25, 0.3) is 0 Å². The number of nitrogens with one attached hydrogen (secondary N) is 1. The Labute approximate surface area is 194 Å². The third kappa shape index (κ3) is 4.00. The summed E-state index contributed by atoms with van der Waals surface area (Å²) in [4.78, 5) is 40.1. The fraction of sp³-hybridized carbons (Fsp3) is 0.409. The lowest BCUT2D eigenvalue weighted by molar-refractivity contribution is -0.152. The van der Waals surface area contributed by atoms with Crippen molar-refractivity contribution in [2.75, 3.05) is 25.6 Å². The molecule has 0 saturated heterocycles. The Morgan fingerprint density at radius 3 is 2.50 bits per heavy atom. The molecule has 2 aliphatic rings. The monoisotopic (exact) mass is 508 g/mol. The van der Waals surface area contributed by atoms with Crippen LogP contribution in [0.1, 0.15) is 33.3 Å². The van der Waals surface area contributed by atoms with E-state index in [1.165, 1.54) is 14.0 Å². The molecule has 1 amide bonds. The average molecular weight is 509 g/mol. The van der Waals surface area contributed by atoms with E-state index in [1.807, 2.05) is 0 Å². The number of hydrogen-bond acceptors (Lipinski definition) is 8. The third-order valence-electron chi connectivity index (χ3n) is 4.91. The van der Waals surface area contributed by atoms with E-state index in [1.54, 1.807) is 39.0 Å². The summed E-state index contributed by atoms with van der Waals surface area (Å²) in [7, 11) is 1.46. The largest absolute Gasteiger partial charge is 0.460 e. The van der Waals surface area contributed by atoms with Crippen LogP contribution in [0.25, 0.3) is 0 Å². The van der Waals surface area contributed by atoms with Gasteiger partial charge in [0.2, 0.25) is 11.8 Å². The van der Waals surface area contributed by atoms with Gasteiger partial charge in [-0.3, -0.25) is 4.79 Å². The third-order valence-corrected chi connectivity index (χ3v) is 5.41. The molecule has 3 rings (SSSR count).